The van der Waals surface area contributed by atoms with Gasteiger partial charge < -0.3 is 9.72 Å². The van der Waals surface area contributed by atoms with E-state index < -0.39 is 0 Å². The van der Waals surface area contributed by atoms with Crippen LogP contribution in [-0.4, -0.2) is 4.98 Å². The van der Waals surface area contributed by atoms with Crippen molar-refractivity contribution in [3.05, 3.63) is 65.9 Å². The molecule has 0 aliphatic rings. The number of benzene rings is 2. The van der Waals surface area contributed by atoms with Crippen LogP contribution in [0.5, 0.6) is 5.75 Å². The molecule has 0 aliphatic carbocycles. The van der Waals surface area contributed by atoms with Crippen molar-refractivity contribution in [2.45, 2.75) is 45.6 Å². The molecule has 2 nitrogen and oxygen atoms in total. The van der Waals surface area contributed by atoms with Gasteiger partial charge >= 0.3 is 0 Å². The van der Waals surface area contributed by atoms with Crippen LogP contribution in [-0.2, 0) is 13.0 Å². The Hall–Kier alpha value is -2.22. The number of aromatic amines is 1. The van der Waals surface area contributed by atoms with Gasteiger partial charge in [0.25, 0.3) is 0 Å². The Bertz CT molecular complexity index is 730. The largest absolute Gasteiger partial charge is 0.489 e. The lowest BCUT2D eigenvalue weighted by Crippen LogP contribution is -1.94. The van der Waals surface area contributed by atoms with Gasteiger partial charge in [0.05, 0.1) is 0 Å². The van der Waals surface area contributed by atoms with E-state index in [2.05, 4.69) is 42.4 Å². The van der Waals surface area contributed by atoms with Crippen LogP contribution in [0.1, 0.15) is 43.7 Å². The molecule has 0 unspecified atom stereocenters. The van der Waals surface area contributed by atoms with E-state index in [0.717, 1.165) is 12.2 Å². The van der Waals surface area contributed by atoms with Crippen molar-refractivity contribution in [3.8, 4) is 5.75 Å². The standard InChI is InChI=1S/C21H25NO/c1-2-3-4-8-11-18-15-22-21-13-12-19(14-20(18)21)23-16-17-9-6-5-7-10-17/h5-7,9-10,12-15,22H,2-4,8,11,16H2,1H3. The third-order valence-corrected chi connectivity index (χ3v) is 4.29. The van der Waals surface area contributed by atoms with E-state index >= 15 is 0 Å². The fourth-order valence-electron chi connectivity index (χ4n) is 2.94. The number of H-pyrrole nitrogens is 1. The van der Waals surface area contributed by atoms with Crippen LogP contribution < -0.4 is 4.74 Å². The molecule has 2 heteroatoms. The van der Waals surface area contributed by atoms with Crippen LogP contribution in [0.3, 0.4) is 0 Å². The van der Waals surface area contributed by atoms with Gasteiger partial charge in [0.1, 0.15) is 12.4 Å². The number of hydrogen-bond acceptors (Lipinski definition) is 1. The van der Waals surface area contributed by atoms with Crippen molar-refractivity contribution in [1.82, 2.24) is 4.98 Å². The summed E-state index contributed by atoms with van der Waals surface area (Å²) in [5.74, 6) is 0.941. The third kappa shape index (κ3) is 4.16. The Morgan fingerprint density at radius 2 is 1.83 bits per heavy atom. The normalized spacial score (nSPS) is 11.0. The first kappa shape index (κ1) is 15.7. The Labute approximate surface area is 138 Å². The fraction of sp³-hybridized carbons (Fsp3) is 0.333. The number of nitrogens with one attached hydrogen (secondary N) is 1. The smallest absolute Gasteiger partial charge is 0.120 e. The number of ether oxygens (including phenoxy) is 1. The first-order valence-corrected chi connectivity index (χ1v) is 8.63. The second-order valence-corrected chi connectivity index (χ2v) is 6.11. The molecular weight excluding hydrogens is 282 g/mol. The molecule has 3 rings (SSSR count). The van der Waals surface area contributed by atoms with E-state index in [0.29, 0.717) is 6.61 Å². The van der Waals surface area contributed by atoms with Crippen LogP contribution in [0.15, 0.2) is 54.7 Å². The SMILES string of the molecule is CCCCCCc1c[nH]c2ccc(OCc3ccccc3)cc12. The highest BCUT2D eigenvalue weighted by Gasteiger charge is 2.05. The molecule has 0 aliphatic heterocycles. The van der Waals surface area contributed by atoms with Gasteiger partial charge in [-0.05, 0) is 42.2 Å². The van der Waals surface area contributed by atoms with Gasteiger partial charge in [0.2, 0.25) is 0 Å². The van der Waals surface area contributed by atoms with Gasteiger partial charge in [-0.15, -0.1) is 0 Å². The topological polar surface area (TPSA) is 25.0 Å². The summed E-state index contributed by atoms with van der Waals surface area (Å²) >= 11 is 0. The Morgan fingerprint density at radius 1 is 0.957 bits per heavy atom. The Morgan fingerprint density at radius 3 is 2.65 bits per heavy atom. The molecule has 23 heavy (non-hydrogen) atoms. The van der Waals surface area contributed by atoms with E-state index in [1.807, 2.05) is 24.3 Å². The molecule has 3 aromatic rings. The molecule has 0 amide bonds. The first-order chi connectivity index (χ1) is 11.4. The van der Waals surface area contributed by atoms with Crippen molar-refractivity contribution in [2.75, 3.05) is 0 Å². The summed E-state index contributed by atoms with van der Waals surface area (Å²) < 4.78 is 5.95. The molecule has 0 saturated carbocycles. The number of unbranched alkanes of at least 4 members (excludes halogenated alkanes) is 3. The maximum atomic E-state index is 5.95. The Kier molecular flexibility index (Phi) is 5.36. The molecule has 0 radical (unpaired) electrons. The predicted octanol–water partition coefficient (Wildman–Crippen LogP) is 5.87. The predicted molar refractivity (Wildman–Crippen MR) is 96.9 cm³/mol. The highest BCUT2D eigenvalue weighted by Crippen LogP contribution is 2.25. The van der Waals surface area contributed by atoms with E-state index in [4.69, 9.17) is 4.74 Å². The van der Waals surface area contributed by atoms with E-state index in [-0.39, 0.29) is 0 Å². The number of fused-ring (bicyclic) bond motifs is 1. The van der Waals surface area contributed by atoms with E-state index in [1.165, 1.54) is 47.7 Å². The number of rotatable bonds is 8. The molecule has 120 valence electrons. The fourth-order valence-corrected chi connectivity index (χ4v) is 2.94. The third-order valence-electron chi connectivity index (χ3n) is 4.29. The lowest BCUT2D eigenvalue weighted by molar-refractivity contribution is 0.306. The summed E-state index contributed by atoms with van der Waals surface area (Å²) in [5.41, 5.74) is 3.80. The number of hydrogen-bond donors (Lipinski definition) is 1. The van der Waals surface area contributed by atoms with Crippen molar-refractivity contribution in [1.29, 1.82) is 0 Å². The van der Waals surface area contributed by atoms with Gasteiger partial charge in [-0.1, -0.05) is 56.5 Å². The average Bonchev–Trinajstić information content (AvgIpc) is 3.00. The molecule has 0 atom stereocenters. The zero-order valence-corrected chi connectivity index (χ0v) is 13.8. The van der Waals surface area contributed by atoms with Crippen LogP contribution in [0.25, 0.3) is 10.9 Å². The van der Waals surface area contributed by atoms with Crippen molar-refractivity contribution in [2.24, 2.45) is 0 Å². The second-order valence-electron chi connectivity index (χ2n) is 6.11. The van der Waals surface area contributed by atoms with E-state index in [9.17, 15) is 0 Å². The summed E-state index contributed by atoms with van der Waals surface area (Å²) in [6.07, 6.45) is 8.47. The summed E-state index contributed by atoms with van der Waals surface area (Å²) in [6, 6.07) is 16.6. The molecule has 2 aromatic carbocycles. The molecule has 0 bridgehead atoms. The van der Waals surface area contributed by atoms with Crippen LogP contribution in [0.2, 0.25) is 0 Å². The zero-order valence-electron chi connectivity index (χ0n) is 13.8. The monoisotopic (exact) mass is 307 g/mol. The van der Waals surface area contributed by atoms with Crippen molar-refractivity contribution < 1.29 is 4.74 Å². The zero-order chi connectivity index (χ0) is 15.9. The molecule has 1 heterocycles. The molecular formula is C21H25NO. The van der Waals surface area contributed by atoms with Gasteiger partial charge in [0, 0.05) is 17.1 Å². The van der Waals surface area contributed by atoms with Crippen LogP contribution >= 0.6 is 0 Å². The van der Waals surface area contributed by atoms with Gasteiger partial charge in [-0.25, -0.2) is 0 Å². The maximum absolute atomic E-state index is 5.95. The van der Waals surface area contributed by atoms with Gasteiger partial charge in [-0.3, -0.25) is 0 Å². The minimum atomic E-state index is 0.614. The molecule has 1 aromatic heterocycles. The lowest BCUT2D eigenvalue weighted by Gasteiger charge is -2.07. The maximum Gasteiger partial charge on any atom is 0.120 e. The quantitative estimate of drug-likeness (QED) is 0.517. The second kappa shape index (κ2) is 7.87. The molecule has 0 spiro atoms. The number of aromatic nitrogens is 1. The summed E-state index contributed by atoms with van der Waals surface area (Å²) in [5, 5.41) is 1.30. The highest BCUT2D eigenvalue weighted by atomic mass is 16.5. The minimum Gasteiger partial charge on any atom is -0.489 e. The van der Waals surface area contributed by atoms with Crippen molar-refractivity contribution in [3.63, 3.8) is 0 Å². The Balaban J connectivity index is 1.67. The molecule has 0 fully saturated rings. The number of aryl methyl sites for hydroxylation is 1. The van der Waals surface area contributed by atoms with Crippen molar-refractivity contribution >= 4 is 10.9 Å². The lowest BCUT2D eigenvalue weighted by atomic mass is 10.1. The molecule has 1 N–H and O–H groups in total. The van der Waals surface area contributed by atoms with Crippen LogP contribution in [0, 0.1) is 0 Å². The van der Waals surface area contributed by atoms with Gasteiger partial charge in [0.15, 0.2) is 0 Å². The minimum absolute atomic E-state index is 0.614. The van der Waals surface area contributed by atoms with Gasteiger partial charge in [-0.2, -0.15) is 0 Å². The van der Waals surface area contributed by atoms with Crippen LogP contribution in [0.4, 0.5) is 0 Å². The first-order valence-electron chi connectivity index (χ1n) is 8.63. The highest BCUT2D eigenvalue weighted by molar-refractivity contribution is 5.84. The van der Waals surface area contributed by atoms with E-state index in [1.54, 1.807) is 0 Å². The molecule has 0 saturated heterocycles. The average molecular weight is 307 g/mol. The summed E-state index contributed by atoms with van der Waals surface area (Å²) in [6.45, 7) is 2.87. The summed E-state index contributed by atoms with van der Waals surface area (Å²) in [4.78, 5) is 3.37. The summed E-state index contributed by atoms with van der Waals surface area (Å²) in [7, 11) is 0.